The van der Waals surface area contributed by atoms with Crippen LogP contribution < -0.4 is 16.4 Å². The normalized spacial score (nSPS) is 23.6. The second kappa shape index (κ2) is 6.29. The fraction of sp³-hybridized carbons (Fsp3) is 0.727. The van der Waals surface area contributed by atoms with Gasteiger partial charge in [0, 0.05) is 13.0 Å². The number of alkyl halides is 3. The van der Waals surface area contributed by atoms with E-state index in [9.17, 15) is 27.6 Å². The maximum absolute atomic E-state index is 13.1. The van der Waals surface area contributed by atoms with Gasteiger partial charge in [-0.05, 0) is 19.4 Å². The first-order valence-corrected chi connectivity index (χ1v) is 6.19. The average Bonchev–Trinajstić information content (AvgIpc) is 2.83. The second-order valence-electron chi connectivity index (χ2n) is 4.88. The zero-order valence-electron chi connectivity index (χ0n) is 11.0. The van der Waals surface area contributed by atoms with Crippen molar-refractivity contribution in [1.82, 2.24) is 10.6 Å². The third-order valence-electron chi connectivity index (χ3n) is 3.42. The smallest absolute Gasteiger partial charge is 0.404 e. The number of carboxylic acid groups (broad SMARTS) is 1. The van der Waals surface area contributed by atoms with Crippen LogP contribution in [0.4, 0.5) is 13.2 Å². The van der Waals surface area contributed by atoms with Gasteiger partial charge in [-0.3, -0.25) is 9.59 Å². The van der Waals surface area contributed by atoms with Gasteiger partial charge in [-0.1, -0.05) is 0 Å². The number of hydrogen-bond acceptors (Lipinski definition) is 4. The van der Waals surface area contributed by atoms with Crippen LogP contribution in [0.1, 0.15) is 19.3 Å². The number of carbonyl (C=O) groups excluding carboxylic acids is 2. The van der Waals surface area contributed by atoms with E-state index in [2.05, 4.69) is 5.32 Å². The van der Waals surface area contributed by atoms with Gasteiger partial charge in [-0.15, -0.1) is 0 Å². The van der Waals surface area contributed by atoms with Gasteiger partial charge in [0.25, 0.3) is 0 Å². The highest BCUT2D eigenvalue weighted by molar-refractivity contribution is 5.89. The molecular weight excluding hydrogens is 295 g/mol. The first-order chi connectivity index (χ1) is 9.60. The minimum Gasteiger partial charge on any atom is -0.480 e. The van der Waals surface area contributed by atoms with E-state index in [4.69, 9.17) is 10.8 Å². The molecule has 1 rings (SSSR count). The highest BCUT2D eigenvalue weighted by atomic mass is 19.4. The van der Waals surface area contributed by atoms with Gasteiger partial charge in [-0.2, -0.15) is 13.2 Å². The lowest BCUT2D eigenvalue weighted by Gasteiger charge is -2.30. The molecule has 5 N–H and O–H groups in total. The predicted molar refractivity (Wildman–Crippen MR) is 64.0 cm³/mol. The molecule has 1 aliphatic heterocycles. The molecular formula is C11H16F3N3O4. The van der Waals surface area contributed by atoms with Crippen molar-refractivity contribution in [2.45, 2.75) is 31.5 Å². The zero-order valence-corrected chi connectivity index (χ0v) is 11.0. The Morgan fingerprint density at radius 2 is 2.00 bits per heavy atom. The molecule has 2 atom stereocenters. The van der Waals surface area contributed by atoms with Crippen LogP contribution in [0.5, 0.6) is 0 Å². The molecule has 0 spiro atoms. The summed E-state index contributed by atoms with van der Waals surface area (Å²) in [4.78, 5) is 33.5. The van der Waals surface area contributed by atoms with Gasteiger partial charge in [0.1, 0.15) is 6.04 Å². The molecule has 1 heterocycles. The van der Waals surface area contributed by atoms with E-state index in [1.165, 1.54) is 0 Å². The number of carboxylic acids is 1. The largest absolute Gasteiger partial charge is 0.480 e. The maximum atomic E-state index is 13.1. The molecule has 0 aromatic carbocycles. The molecule has 7 nitrogen and oxygen atoms in total. The number of aliphatic carboxylic acids is 1. The van der Waals surface area contributed by atoms with Crippen molar-refractivity contribution in [1.29, 1.82) is 0 Å². The van der Waals surface area contributed by atoms with E-state index in [-0.39, 0.29) is 19.4 Å². The topological polar surface area (TPSA) is 122 Å². The lowest BCUT2D eigenvalue weighted by molar-refractivity contribution is -0.216. The van der Waals surface area contributed by atoms with E-state index >= 15 is 0 Å². The highest BCUT2D eigenvalue weighted by Gasteiger charge is 2.61. The summed E-state index contributed by atoms with van der Waals surface area (Å²) in [6.07, 6.45) is -5.98. The van der Waals surface area contributed by atoms with Crippen LogP contribution in [0.2, 0.25) is 0 Å². The van der Waals surface area contributed by atoms with Crippen molar-refractivity contribution in [3.05, 3.63) is 0 Å². The number of halogens is 3. The summed E-state index contributed by atoms with van der Waals surface area (Å²) in [6.45, 7) is -0.601. The van der Waals surface area contributed by atoms with E-state index in [1.807, 2.05) is 5.32 Å². The van der Waals surface area contributed by atoms with Crippen LogP contribution in [0.15, 0.2) is 0 Å². The van der Waals surface area contributed by atoms with Gasteiger partial charge in [-0.25, -0.2) is 4.79 Å². The molecule has 10 heteroatoms. The van der Waals surface area contributed by atoms with E-state index in [0.29, 0.717) is 0 Å². The third-order valence-corrected chi connectivity index (χ3v) is 3.42. The maximum Gasteiger partial charge on any atom is 0.404 e. The molecule has 1 fully saturated rings. The van der Waals surface area contributed by atoms with E-state index in [1.54, 1.807) is 0 Å². The zero-order chi connectivity index (χ0) is 16.3. The lowest BCUT2D eigenvalue weighted by atomic mass is 9.84. The summed E-state index contributed by atoms with van der Waals surface area (Å²) < 4.78 is 39.3. The fourth-order valence-electron chi connectivity index (χ4n) is 2.10. The van der Waals surface area contributed by atoms with Gasteiger partial charge >= 0.3 is 12.1 Å². The molecule has 21 heavy (non-hydrogen) atoms. The Hall–Kier alpha value is -1.84. The van der Waals surface area contributed by atoms with Gasteiger partial charge in [0.2, 0.25) is 11.8 Å². The van der Waals surface area contributed by atoms with E-state index < -0.39 is 48.4 Å². The average molecular weight is 311 g/mol. The number of nitrogens with one attached hydrogen (secondary N) is 2. The van der Waals surface area contributed by atoms with E-state index in [0.717, 1.165) is 0 Å². The molecule has 1 unspecified atom stereocenters. The molecule has 0 aliphatic carbocycles. The molecule has 1 saturated heterocycles. The Balaban J connectivity index is 2.84. The number of amides is 2. The number of carbonyl (C=O) groups is 3. The molecule has 0 radical (unpaired) electrons. The molecule has 0 aromatic heterocycles. The summed E-state index contributed by atoms with van der Waals surface area (Å²) in [6, 6.07) is -1.59. The van der Waals surface area contributed by atoms with Gasteiger partial charge < -0.3 is 21.5 Å². The molecule has 120 valence electrons. The third kappa shape index (κ3) is 3.84. The van der Waals surface area contributed by atoms with Crippen molar-refractivity contribution in [2.24, 2.45) is 11.1 Å². The Labute approximate surface area is 118 Å². The van der Waals surface area contributed by atoms with Crippen molar-refractivity contribution in [2.75, 3.05) is 13.1 Å². The predicted octanol–water partition coefficient (Wildman–Crippen LogP) is -0.637. The van der Waals surface area contributed by atoms with Crippen LogP contribution in [0.25, 0.3) is 0 Å². The highest BCUT2D eigenvalue weighted by Crippen LogP contribution is 2.43. The van der Waals surface area contributed by atoms with Gasteiger partial charge in [0.05, 0.1) is 0 Å². The van der Waals surface area contributed by atoms with Crippen molar-refractivity contribution in [3.63, 3.8) is 0 Å². The second-order valence-corrected chi connectivity index (χ2v) is 4.88. The monoisotopic (exact) mass is 311 g/mol. The fourth-order valence-corrected chi connectivity index (χ4v) is 2.10. The molecule has 1 aliphatic rings. The van der Waals surface area contributed by atoms with Crippen molar-refractivity contribution in [3.8, 4) is 0 Å². The summed E-state index contributed by atoms with van der Waals surface area (Å²) >= 11 is 0. The molecule has 0 saturated carbocycles. The Kier molecular flexibility index (Phi) is 5.15. The lowest BCUT2D eigenvalue weighted by Crippen LogP contribution is -2.55. The number of rotatable bonds is 6. The molecule has 0 aromatic rings. The standard InChI is InChI=1S/C11H16F3N3O4/c12-11(13,14)10(3-4-16-5-10)9(21)17-6(8(19)20)1-2-7(15)18/h6,16H,1-5H2,(H2,15,18)(H,17,21)(H,19,20)/t6-,10?/m0/s1. The van der Waals surface area contributed by atoms with Crippen LogP contribution in [-0.4, -0.2) is 48.2 Å². The van der Waals surface area contributed by atoms with Crippen molar-refractivity contribution < 1.29 is 32.7 Å². The van der Waals surface area contributed by atoms with Crippen LogP contribution in [-0.2, 0) is 14.4 Å². The summed E-state index contributed by atoms with van der Waals surface area (Å²) in [5, 5.41) is 13.2. The number of hydrogen-bond donors (Lipinski definition) is 4. The molecule has 2 amide bonds. The minimum absolute atomic E-state index is 0.00591. The summed E-state index contributed by atoms with van der Waals surface area (Å²) in [5.41, 5.74) is 2.21. The SMILES string of the molecule is NC(=O)CC[C@H](NC(=O)C1(C(F)(F)F)CCNC1)C(=O)O. The minimum atomic E-state index is -4.80. The van der Waals surface area contributed by atoms with Crippen LogP contribution in [0, 0.1) is 5.41 Å². The van der Waals surface area contributed by atoms with Gasteiger partial charge in [0.15, 0.2) is 5.41 Å². The quantitative estimate of drug-likeness (QED) is 0.520. The summed E-state index contributed by atoms with van der Waals surface area (Å²) in [7, 11) is 0. The van der Waals surface area contributed by atoms with Crippen LogP contribution >= 0.6 is 0 Å². The summed E-state index contributed by atoms with van der Waals surface area (Å²) in [5.74, 6) is -3.73. The van der Waals surface area contributed by atoms with Crippen molar-refractivity contribution >= 4 is 17.8 Å². The number of primary amides is 1. The number of nitrogens with two attached hydrogens (primary N) is 1. The first kappa shape index (κ1) is 17.2. The molecule has 0 bridgehead atoms. The Morgan fingerprint density at radius 1 is 1.38 bits per heavy atom. The Bertz CT molecular complexity index is 433. The first-order valence-electron chi connectivity index (χ1n) is 6.19. The Morgan fingerprint density at radius 3 is 2.38 bits per heavy atom. The van der Waals surface area contributed by atoms with Crippen LogP contribution in [0.3, 0.4) is 0 Å².